The van der Waals surface area contributed by atoms with Gasteiger partial charge >= 0.3 is 0 Å². The monoisotopic (exact) mass is 523 g/mol. The third-order valence-electron chi connectivity index (χ3n) is 10.2. The van der Waals surface area contributed by atoms with Crippen molar-refractivity contribution < 1.29 is 15.3 Å². The summed E-state index contributed by atoms with van der Waals surface area (Å²) in [6.45, 7) is 11.1. The second kappa shape index (κ2) is 10.6. The fourth-order valence-corrected chi connectivity index (χ4v) is 8.81. The van der Waals surface area contributed by atoms with E-state index in [0.29, 0.717) is 30.6 Å². The molecule has 5 rings (SSSR count). The van der Waals surface area contributed by atoms with Crippen LogP contribution in [0, 0.1) is 23.2 Å². The first kappa shape index (κ1) is 27.1. The van der Waals surface area contributed by atoms with Gasteiger partial charge in [0.2, 0.25) is 0 Å². The van der Waals surface area contributed by atoms with Crippen molar-refractivity contribution in [3.8, 4) is 0 Å². The quantitative estimate of drug-likeness (QED) is 0.360. The number of hydrogen-bond donors (Lipinski definition) is 3. The Bertz CT molecular complexity index is 1100. The predicted octanol–water partition coefficient (Wildman–Crippen LogP) is 6.43. The van der Waals surface area contributed by atoms with Crippen LogP contribution in [0.4, 0.5) is 0 Å². The highest BCUT2D eigenvalue weighted by Crippen LogP contribution is 2.60. The van der Waals surface area contributed by atoms with Crippen molar-refractivity contribution in [2.45, 2.75) is 109 Å². The maximum absolute atomic E-state index is 11.2. The van der Waals surface area contributed by atoms with Crippen molar-refractivity contribution in [2.24, 2.45) is 23.2 Å². The Morgan fingerprint density at radius 1 is 1.19 bits per heavy atom. The summed E-state index contributed by atoms with van der Waals surface area (Å²) in [4.78, 5) is 5.96. The van der Waals surface area contributed by atoms with Gasteiger partial charge in [-0.2, -0.15) is 0 Å². The molecule has 0 bridgehead atoms. The zero-order chi connectivity index (χ0) is 26.4. The van der Waals surface area contributed by atoms with Gasteiger partial charge in [0.25, 0.3) is 0 Å². The number of aliphatic hydroxyl groups excluding tert-OH is 3. The lowest BCUT2D eigenvalue weighted by molar-refractivity contribution is 0.0862. The van der Waals surface area contributed by atoms with Gasteiger partial charge in [0.15, 0.2) is 0 Å². The van der Waals surface area contributed by atoms with Gasteiger partial charge in [-0.05, 0) is 92.1 Å². The smallest absolute Gasteiger partial charge is 0.102 e. The summed E-state index contributed by atoms with van der Waals surface area (Å²) in [5.41, 5.74) is 3.39. The molecule has 0 aromatic carbocycles. The van der Waals surface area contributed by atoms with Gasteiger partial charge in [0.1, 0.15) is 5.01 Å². The van der Waals surface area contributed by atoms with Crippen molar-refractivity contribution in [1.82, 2.24) is 4.98 Å². The van der Waals surface area contributed by atoms with E-state index < -0.39 is 18.3 Å². The molecule has 4 saturated carbocycles. The molecule has 4 aliphatic rings. The average Bonchev–Trinajstić information content (AvgIpc) is 3.39. The first-order valence-corrected chi connectivity index (χ1v) is 15.3. The number of rotatable bonds is 7. The number of nitrogens with zero attached hydrogens (tertiary/aromatic N) is 1. The van der Waals surface area contributed by atoms with Crippen molar-refractivity contribution in [3.05, 3.63) is 63.7 Å². The predicted molar refractivity (Wildman–Crippen MR) is 151 cm³/mol. The van der Waals surface area contributed by atoms with E-state index in [1.54, 1.807) is 11.3 Å². The van der Waals surface area contributed by atoms with E-state index in [1.165, 1.54) is 36.1 Å². The minimum absolute atomic E-state index is 0.158. The summed E-state index contributed by atoms with van der Waals surface area (Å²) in [6.07, 6.45) is 19.2. The van der Waals surface area contributed by atoms with Crippen molar-refractivity contribution >= 4 is 11.3 Å². The Morgan fingerprint density at radius 2 is 1.97 bits per heavy atom. The van der Waals surface area contributed by atoms with Gasteiger partial charge in [0, 0.05) is 17.5 Å². The normalized spacial score (nSPS) is 37.3. The zero-order valence-electron chi connectivity index (χ0n) is 22.8. The lowest BCUT2D eigenvalue weighted by Gasteiger charge is -2.44. The summed E-state index contributed by atoms with van der Waals surface area (Å²) in [7, 11) is 0. The van der Waals surface area contributed by atoms with Crippen LogP contribution in [0.1, 0.15) is 88.4 Å². The molecule has 3 N–H and O–H groups in total. The largest absolute Gasteiger partial charge is 0.393 e. The number of allylic oxidation sites excluding steroid dienone is 4. The molecule has 1 heterocycles. The van der Waals surface area contributed by atoms with Crippen molar-refractivity contribution in [3.63, 3.8) is 0 Å². The SMILES string of the molecule is C=C1C(=CC=C2CCC[C@]3(C)[C@@H]([C@H](C)C=C[C@@H](O)C4(c5ncc(CC)s5)CC4)CC[C@@H]23)C[C@@H](O)C[C@@H]1O. The van der Waals surface area contributed by atoms with Crippen molar-refractivity contribution in [2.75, 3.05) is 0 Å². The highest BCUT2D eigenvalue weighted by atomic mass is 32.1. The molecule has 0 spiro atoms. The van der Waals surface area contributed by atoms with Crippen LogP contribution in [0.3, 0.4) is 0 Å². The number of aryl methyl sites for hydroxylation is 1. The summed E-state index contributed by atoms with van der Waals surface area (Å²) in [5.74, 6) is 1.60. The number of thiazole rings is 1. The molecule has 1 aromatic heterocycles. The lowest BCUT2D eigenvalue weighted by atomic mass is 9.61. The molecule has 0 aliphatic heterocycles. The van der Waals surface area contributed by atoms with E-state index in [-0.39, 0.29) is 10.8 Å². The van der Waals surface area contributed by atoms with Crippen LogP contribution in [-0.2, 0) is 11.8 Å². The summed E-state index contributed by atoms with van der Waals surface area (Å²) in [5, 5.41) is 32.6. The van der Waals surface area contributed by atoms with E-state index in [2.05, 4.69) is 56.6 Å². The maximum Gasteiger partial charge on any atom is 0.102 e. The summed E-state index contributed by atoms with van der Waals surface area (Å²) >= 11 is 1.77. The standard InChI is InChI=1S/C32H45NO3S/c1-5-25-19-33-30(37-25)32(15-16-32)29(36)13-8-20(2)26-11-12-27-22(7-6-14-31(26,27)4)9-10-23-17-24(34)18-28(35)21(23)3/h8-10,13,19-20,24,26-29,34-36H,3,5-7,11-12,14-18H2,1-2,4H3/t20-,24-,26-,27+,28+,29-,31-/m1/s1. The van der Waals surface area contributed by atoms with E-state index in [9.17, 15) is 15.3 Å². The first-order chi connectivity index (χ1) is 17.7. The molecule has 0 unspecified atom stereocenters. The second-order valence-corrected chi connectivity index (χ2v) is 13.6. The third kappa shape index (κ3) is 5.09. The van der Waals surface area contributed by atoms with Crippen LogP contribution >= 0.6 is 11.3 Å². The van der Waals surface area contributed by atoms with Gasteiger partial charge in [-0.1, -0.05) is 57.2 Å². The Labute approximate surface area is 226 Å². The minimum atomic E-state index is -0.636. The summed E-state index contributed by atoms with van der Waals surface area (Å²) < 4.78 is 0. The molecule has 4 nitrogen and oxygen atoms in total. The first-order valence-electron chi connectivity index (χ1n) is 14.4. The van der Waals surface area contributed by atoms with Crippen LogP contribution in [0.2, 0.25) is 0 Å². The topological polar surface area (TPSA) is 73.6 Å². The fraction of sp³-hybridized carbons (Fsp3) is 0.656. The Hall–Kier alpha value is -1.53. The van der Waals surface area contributed by atoms with E-state index in [0.717, 1.165) is 41.8 Å². The van der Waals surface area contributed by atoms with Crippen molar-refractivity contribution in [1.29, 1.82) is 0 Å². The molecular formula is C32H45NO3S. The van der Waals surface area contributed by atoms with Gasteiger partial charge in [0.05, 0.1) is 23.7 Å². The fourth-order valence-electron chi connectivity index (χ4n) is 7.68. The van der Waals surface area contributed by atoms with E-state index >= 15 is 0 Å². The van der Waals surface area contributed by atoms with E-state index in [4.69, 9.17) is 0 Å². The van der Waals surface area contributed by atoms with Gasteiger partial charge in [-0.15, -0.1) is 11.3 Å². The van der Waals surface area contributed by atoms with Crippen LogP contribution in [0.5, 0.6) is 0 Å². The molecule has 7 atom stereocenters. The molecule has 0 amide bonds. The number of fused-ring (bicyclic) bond motifs is 1. The minimum Gasteiger partial charge on any atom is -0.393 e. The second-order valence-electron chi connectivity index (χ2n) is 12.5. The molecule has 0 radical (unpaired) electrons. The Kier molecular flexibility index (Phi) is 7.72. The number of aromatic nitrogens is 1. The highest BCUT2D eigenvalue weighted by Gasteiger charge is 2.53. The Balaban J connectivity index is 1.28. The number of hydrogen-bond acceptors (Lipinski definition) is 5. The maximum atomic E-state index is 11.2. The molecule has 4 fully saturated rings. The molecule has 1 aromatic rings. The van der Waals surface area contributed by atoms with Crippen LogP contribution in [0.15, 0.2) is 53.8 Å². The third-order valence-corrected chi connectivity index (χ3v) is 11.6. The Morgan fingerprint density at radius 3 is 2.68 bits per heavy atom. The van der Waals surface area contributed by atoms with Gasteiger partial charge in [-0.3, -0.25) is 0 Å². The van der Waals surface area contributed by atoms with Gasteiger partial charge < -0.3 is 15.3 Å². The number of aliphatic hydroxyl groups is 3. The zero-order valence-corrected chi connectivity index (χ0v) is 23.6. The average molecular weight is 524 g/mol. The van der Waals surface area contributed by atoms with Crippen LogP contribution in [-0.4, -0.2) is 38.6 Å². The van der Waals surface area contributed by atoms with Crippen LogP contribution < -0.4 is 0 Å². The van der Waals surface area contributed by atoms with Gasteiger partial charge in [-0.25, -0.2) is 4.98 Å². The molecule has 202 valence electrons. The lowest BCUT2D eigenvalue weighted by Crippen LogP contribution is -2.35. The van der Waals surface area contributed by atoms with E-state index in [1.807, 2.05) is 6.20 Å². The molecular weight excluding hydrogens is 478 g/mol. The molecule has 37 heavy (non-hydrogen) atoms. The highest BCUT2D eigenvalue weighted by molar-refractivity contribution is 7.11. The molecule has 4 aliphatic carbocycles. The molecule has 5 heteroatoms. The summed E-state index contributed by atoms with van der Waals surface area (Å²) in [6, 6.07) is 0. The van der Waals surface area contributed by atoms with Crippen LogP contribution in [0.25, 0.3) is 0 Å². The molecule has 0 saturated heterocycles.